The van der Waals surface area contributed by atoms with Gasteiger partial charge in [0.05, 0.1) is 34.6 Å². The molecule has 0 saturated carbocycles. The van der Waals surface area contributed by atoms with E-state index in [0.29, 0.717) is 23.0 Å². The second-order valence-corrected chi connectivity index (χ2v) is 7.08. The second kappa shape index (κ2) is 8.32. The summed E-state index contributed by atoms with van der Waals surface area (Å²) in [6.45, 7) is 2.41. The Hall–Kier alpha value is -2.39. The molecule has 0 radical (unpaired) electrons. The van der Waals surface area contributed by atoms with E-state index in [0.717, 1.165) is 29.4 Å². The van der Waals surface area contributed by atoms with Crippen LogP contribution < -0.4 is 10.1 Å². The highest BCUT2D eigenvalue weighted by Crippen LogP contribution is 2.36. The number of benzene rings is 2. The topological polar surface area (TPSA) is 67.0 Å². The number of carbonyl (C=O) groups excluding carboxylic acids is 1. The molecule has 2 aromatic carbocycles. The van der Waals surface area contributed by atoms with E-state index < -0.39 is 17.6 Å². The number of ether oxygens (including phenoxy) is 1. The van der Waals surface area contributed by atoms with Crippen LogP contribution in [0.3, 0.4) is 0 Å². The number of H-pyrrole nitrogens is 1. The lowest BCUT2D eigenvalue weighted by molar-refractivity contribution is -0.137. The van der Waals surface area contributed by atoms with Crippen molar-refractivity contribution < 1.29 is 22.7 Å². The first kappa shape index (κ1) is 20.3. The van der Waals surface area contributed by atoms with Crippen molar-refractivity contribution in [1.29, 1.82) is 0 Å². The minimum absolute atomic E-state index is 0.0617. The molecule has 0 bridgehead atoms. The van der Waals surface area contributed by atoms with Crippen LogP contribution in [0.5, 0.6) is 5.75 Å². The maximum absolute atomic E-state index is 13.1. The molecule has 28 heavy (non-hydrogen) atoms. The lowest BCUT2D eigenvalue weighted by Crippen LogP contribution is -2.18. The van der Waals surface area contributed by atoms with Crippen LogP contribution in [0, 0.1) is 0 Å². The fraction of sp³-hybridized carbons (Fsp3) is 0.222. The molecule has 0 atom stereocenters. The minimum Gasteiger partial charge on any atom is -0.494 e. The molecule has 5 nitrogen and oxygen atoms in total. The molecule has 0 aliphatic heterocycles. The largest absolute Gasteiger partial charge is 0.494 e. The molecule has 1 aromatic heterocycles. The molecule has 0 aliphatic rings. The SMILES string of the molecule is CCOc1ccc2nc(SCC(=O)Nc3ccc(Cl)cc3C(F)(F)F)[nH]c2c1. The normalized spacial score (nSPS) is 11.6. The van der Waals surface area contributed by atoms with E-state index in [1.807, 2.05) is 6.92 Å². The van der Waals surface area contributed by atoms with E-state index in [2.05, 4.69) is 15.3 Å². The zero-order valence-corrected chi connectivity index (χ0v) is 16.1. The van der Waals surface area contributed by atoms with Gasteiger partial charge in [0.2, 0.25) is 5.91 Å². The van der Waals surface area contributed by atoms with Gasteiger partial charge in [-0.1, -0.05) is 23.4 Å². The standard InChI is InChI=1S/C18H15ClF3N3O2S/c1-2-27-11-4-6-14-15(8-11)25-17(24-14)28-9-16(26)23-13-5-3-10(19)7-12(13)18(20,21)22/h3-8H,2,9H2,1H3,(H,23,26)(H,24,25). The molecular weight excluding hydrogens is 415 g/mol. The summed E-state index contributed by atoms with van der Waals surface area (Å²) in [5.74, 6) is -0.0124. The summed E-state index contributed by atoms with van der Waals surface area (Å²) in [6, 6.07) is 8.55. The quantitative estimate of drug-likeness (QED) is 0.517. The summed E-state index contributed by atoms with van der Waals surface area (Å²) in [6.07, 6.45) is -4.63. The third-order valence-electron chi connectivity index (χ3n) is 3.64. The van der Waals surface area contributed by atoms with Crippen molar-refractivity contribution in [2.45, 2.75) is 18.3 Å². The Morgan fingerprint density at radius 3 is 2.79 bits per heavy atom. The highest BCUT2D eigenvalue weighted by molar-refractivity contribution is 7.99. The van der Waals surface area contributed by atoms with Gasteiger partial charge in [0.15, 0.2) is 5.16 Å². The molecule has 3 aromatic rings. The molecule has 0 aliphatic carbocycles. The van der Waals surface area contributed by atoms with Gasteiger partial charge < -0.3 is 15.0 Å². The highest BCUT2D eigenvalue weighted by Gasteiger charge is 2.34. The third-order valence-corrected chi connectivity index (χ3v) is 4.75. The molecule has 3 rings (SSSR count). The fourth-order valence-corrected chi connectivity index (χ4v) is 3.33. The van der Waals surface area contributed by atoms with Crippen molar-refractivity contribution in [3.05, 3.63) is 47.0 Å². The van der Waals surface area contributed by atoms with E-state index in [1.165, 1.54) is 6.07 Å². The van der Waals surface area contributed by atoms with Crippen LogP contribution in [0.15, 0.2) is 41.6 Å². The van der Waals surface area contributed by atoms with Gasteiger partial charge in [-0.05, 0) is 37.3 Å². The number of amides is 1. The van der Waals surface area contributed by atoms with Gasteiger partial charge in [-0.25, -0.2) is 4.98 Å². The first-order chi connectivity index (χ1) is 13.3. The average molecular weight is 430 g/mol. The molecule has 1 heterocycles. The van der Waals surface area contributed by atoms with Crippen molar-refractivity contribution in [3.8, 4) is 5.75 Å². The van der Waals surface area contributed by atoms with Crippen LogP contribution >= 0.6 is 23.4 Å². The zero-order chi connectivity index (χ0) is 20.3. The first-order valence-corrected chi connectivity index (χ1v) is 9.54. The Morgan fingerprint density at radius 1 is 1.29 bits per heavy atom. The van der Waals surface area contributed by atoms with Crippen LogP contribution in [-0.2, 0) is 11.0 Å². The van der Waals surface area contributed by atoms with Crippen molar-refractivity contribution in [3.63, 3.8) is 0 Å². The summed E-state index contributed by atoms with van der Waals surface area (Å²) in [4.78, 5) is 19.5. The number of hydrogen-bond acceptors (Lipinski definition) is 4. The van der Waals surface area contributed by atoms with E-state index in [1.54, 1.807) is 18.2 Å². The molecule has 0 spiro atoms. The van der Waals surface area contributed by atoms with Crippen molar-refractivity contribution in [1.82, 2.24) is 9.97 Å². The van der Waals surface area contributed by atoms with Gasteiger partial charge >= 0.3 is 6.18 Å². The van der Waals surface area contributed by atoms with Gasteiger partial charge in [-0.2, -0.15) is 13.2 Å². The van der Waals surface area contributed by atoms with E-state index in [9.17, 15) is 18.0 Å². The summed E-state index contributed by atoms with van der Waals surface area (Å²) < 4.78 is 44.7. The molecule has 2 N–H and O–H groups in total. The number of imidazole rings is 1. The maximum atomic E-state index is 13.1. The van der Waals surface area contributed by atoms with Crippen LogP contribution in [0.2, 0.25) is 5.02 Å². The predicted octanol–water partition coefficient (Wildman–Crippen LogP) is 5.36. The van der Waals surface area contributed by atoms with Crippen LogP contribution in [0.25, 0.3) is 11.0 Å². The summed E-state index contributed by atoms with van der Waals surface area (Å²) in [7, 11) is 0. The first-order valence-electron chi connectivity index (χ1n) is 8.18. The Bertz CT molecular complexity index is 1010. The van der Waals surface area contributed by atoms with Crippen molar-refractivity contribution in [2.75, 3.05) is 17.7 Å². The second-order valence-electron chi connectivity index (χ2n) is 5.68. The number of carbonyl (C=O) groups is 1. The number of rotatable bonds is 6. The zero-order valence-electron chi connectivity index (χ0n) is 14.6. The Kier molecular flexibility index (Phi) is 6.04. The Balaban J connectivity index is 1.67. The number of hydrogen-bond donors (Lipinski definition) is 2. The van der Waals surface area contributed by atoms with Gasteiger partial charge in [0, 0.05) is 11.1 Å². The molecule has 0 fully saturated rings. The van der Waals surface area contributed by atoms with Crippen molar-refractivity contribution >= 4 is 46.0 Å². The van der Waals surface area contributed by atoms with Crippen LogP contribution in [-0.4, -0.2) is 28.2 Å². The van der Waals surface area contributed by atoms with Gasteiger partial charge in [-0.15, -0.1) is 0 Å². The molecule has 0 unspecified atom stereocenters. The minimum atomic E-state index is -4.63. The third kappa shape index (κ3) is 4.90. The number of alkyl halides is 3. The van der Waals surface area contributed by atoms with Crippen molar-refractivity contribution in [2.24, 2.45) is 0 Å². The number of fused-ring (bicyclic) bond motifs is 1. The fourth-order valence-electron chi connectivity index (χ4n) is 2.47. The average Bonchev–Trinajstić information content (AvgIpc) is 3.03. The lowest BCUT2D eigenvalue weighted by atomic mass is 10.1. The number of nitrogens with one attached hydrogen (secondary N) is 2. The van der Waals surface area contributed by atoms with E-state index >= 15 is 0 Å². The number of anilines is 1. The Morgan fingerprint density at radius 2 is 2.07 bits per heavy atom. The van der Waals surface area contributed by atoms with Crippen LogP contribution in [0.1, 0.15) is 12.5 Å². The number of halogens is 4. The van der Waals surface area contributed by atoms with E-state index in [-0.39, 0.29) is 16.5 Å². The number of aromatic amines is 1. The monoisotopic (exact) mass is 429 g/mol. The predicted molar refractivity (Wildman–Crippen MR) is 103 cm³/mol. The number of nitrogens with zero attached hydrogens (tertiary/aromatic N) is 1. The highest BCUT2D eigenvalue weighted by atomic mass is 35.5. The smallest absolute Gasteiger partial charge is 0.418 e. The summed E-state index contributed by atoms with van der Waals surface area (Å²) in [5.41, 5.74) is 0.105. The summed E-state index contributed by atoms with van der Waals surface area (Å²) >= 11 is 6.71. The molecule has 10 heteroatoms. The van der Waals surface area contributed by atoms with E-state index in [4.69, 9.17) is 16.3 Å². The Labute approximate surface area is 167 Å². The number of thioether (sulfide) groups is 1. The van der Waals surface area contributed by atoms with Gasteiger partial charge in [-0.3, -0.25) is 4.79 Å². The lowest BCUT2D eigenvalue weighted by Gasteiger charge is -2.13. The maximum Gasteiger partial charge on any atom is 0.418 e. The molecule has 148 valence electrons. The number of aromatic nitrogens is 2. The molecule has 1 amide bonds. The van der Waals surface area contributed by atoms with Gasteiger partial charge in [0.25, 0.3) is 0 Å². The van der Waals surface area contributed by atoms with Gasteiger partial charge in [0.1, 0.15) is 5.75 Å². The van der Waals surface area contributed by atoms with Crippen LogP contribution in [0.4, 0.5) is 18.9 Å². The molecular formula is C18H15ClF3N3O2S. The molecule has 0 saturated heterocycles. The summed E-state index contributed by atoms with van der Waals surface area (Å²) in [5, 5.41) is 2.69.